The molecule has 0 unspecified atom stereocenters. The van der Waals surface area contributed by atoms with Crippen LogP contribution in [0.15, 0.2) is 42.6 Å². The number of aromatic amines is 1. The molecule has 160 valence electrons. The van der Waals surface area contributed by atoms with Crippen LogP contribution in [0.2, 0.25) is 0 Å². The van der Waals surface area contributed by atoms with Gasteiger partial charge in [-0.25, -0.2) is 0 Å². The Labute approximate surface area is 179 Å². The summed E-state index contributed by atoms with van der Waals surface area (Å²) in [5, 5.41) is 13.4. The molecule has 31 heavy (non-hydrogen) atoms. The first kappa shape index (κ1) is 19.4. The highest BCUT2D eigenvalue weighted by Gasteiger charge is 2.21. The van der Waals surface area contributed by atoms with Crippen LogP contribution in [-0.4, -0.2) is 59.0 Å². The van der Waals surface area contributed by atoms with Crippen LogP contribution in [-0.2, 0) is 0 Å². The molecular weight excluding hydrogens is 396 g/mol. The van der Waals surface area contributed by atoms with Crippen LogP contribution in [0.4, 0.5) is 11.5 Å². The predicted molar refractivity (Wildman–Crippen MR) is 116 cm³/mol. The third-order valence-electron chi connectivity index (χ3n) is 5.60. The largest absolute Gasteiger partial charge is 0.453 e. The SMILES string of the molecule is CN1CCC(Nc2ccc(C(=O)Nc3cc(-c4nccc5c4OCO5)[nH]n3)cc2)CC1. The van der Waals surface area contributed by atoms with Crippen LogP contribution >= 0.6 is 0 Å². The number of hydrogen-bond acceptors (Lipinski definition) is 7. The number of rotatable bonds is 5. The number of benzene rings is 1. The molecule has 1 saturated heterocycles. The predicted octanol–water partition coefficient (Wildman–Crippen LogP) is 2.96. The minimum Gasteiger partial charge on any atom is -0.453 e. The average molecular weight is 420 g/mol. The molecule has 4 heterocycles. The normalized spacial score (nSPS) is 16.3. The zero-order chi connectivity index (χ0) is 21.2. The quantitative estimate of drug-likeness (QED) is 0.583. The van der Waals surface area contributed by atoms with E-state index in [9.17, 15) is 4.79 Å². The number of nitrogens with one attached hydrogen (secondary N) is 3. The molecule has 1 aromatic carbocycles. The van der Waals surface area contributed by atoms with Gasteiger partial charge in [0.25, 0.3) is 5.91 Å². The lowest BCUT2D eigenvalue weighted by atomic mass is 10.0. The van der Waals surface area contributed by atoms with Gasteiger partial charge in [-0.1, -0.05) is 0 Å². The summed E-state index contributed by atoms with van der Waals surface area (Å²) in [4.78, 5) is 19.3. The van der Waals surface area contributed by atoms with E-state index >= 15 is 0 Å². The van der Waals surface area contributed by atoms with E-state index in [1.807, 2.05) is 24.3 Å². The van der Waals surface area contributed by atoms with Gasteiger partial charge >= 0.3 is 0 Å². The summed E-state index contributed by atoms with van der Waals surface area (Å²) in [6, 6.07) is 11.5. The third kappa shape index (κ3) is 4.17. The number of aromatic nitrogens is 3. The Bertz CT molecular complexity index is 1070. The molecular formula is C22H24N6O3. The van der Waals surface area contributed by atoms with Crippen molar-refractivity contribution in [2.24, 2.45) is 0 Å². The minimum atomic E-state index is -0.227. The second-order valence-corrected chi connectivity index (χ2v) is 7.81. The number of hydrogen-bond donors (Lipinski definition) is 3. The highest BCUT2D eigenvalue weighted by atomic mass is 16.7. The first-order valence-electron chi connectivity index (χ1n) is 10.3. The number of ether oxygens (including phenoxy) is 2. The topological polar surface area (TPSA) is 104 Å². The maximum Gasteiger partial charge on any atom is 0.256 e. The van der Waals surface area contributed by atoms with Crippen molar-refractivity contribution in [3.05, 3.63) is 48.2 Å². The number of pyridine rings is 1. The second-order valence-electron chi connectivity index (χ2n) is 7.81. The zero-order valence-electron chi connectivity index (χ0n) is 17.2. The molecule has 5 rings (SSSR count). The lowest BCUT2D eigenvalue weighted by Crippen LogP contribution is -2.36. The molecule has 0 atom stereocenters. The average Bonchev–Trinajstić information content (AvgIpc) is 3.45. The van der Waals surface area contributed by atoms with E-state index in [0.29, 0.717) is 40.3 Å². The van der Waals surface area contributed by atoms with E-state index in [-0.39, 0.29) is 12.7 Å². The molecule has 0 radical (unpaired) electrons. The summed E-state index contributed by atoms with van der Waals surface area (Å²) < 4.78 is 10.9. The van der Waals surface area contributed by atoms with Crippen molar-refractivity contribution in [3.8, 4) is 22.9 Å². The Balaban J connectivity index is 1.22. The molecule has 0 spiro atoms. The minimum absolute atomic E-state index is 0.161. The Morgan fingerprint density at radius 2 is 1.97 bits per heavy atom. The molecule has 3 N–H and O–H groups in total. The van der Waals surface area contributed by atoms with Crippen molar-refractivity contribution < 1.29 is 14.3 Å². The highest BCUT2D eigenvalue weighted by Crippen LogP contribution is 2.39. The summed E-state index contributed by atoms with van der Waals surface area (Å²) in [5.41, 5.74) is 2.82. The molecule has 9 heteroatoms. The number of H-pyrrole nitrogens is 1. The number of nitrogens with zero attached hydrogens (tertiary/aromatic N) is 3. The Kier molecular flexibility index (Phi) is 5.17. The fourth-order valence-electron chi connectivity index (χ4n) is 3.83. The van der Waals surface area contributed by atoms with Crippen molar-refractivity contribution in [1.82, 2.24) is 20.1 Å². The second kappa shape index (κ2) is 8.27. The molecule has 2 aliphatic rings. The van der Waals surface area contributed by atoms with Gasteiger partial charge in [0.1, 0.15) is 5.69 Å². The maximum atomic E-state index is 12.6. The lowest BCUT2D eigenvalue weighted by molar-refractivity contribution is 0.102. The fraction of sp³-hybridized carbons (Fsp3) is 0.318. The molecule has 0 bridgehead atoms. The standard InChI is InChI=1S/C22H24N6O3/c1-28-10-7-16(8-11-28)24-15-4-2-14(3-5-15)22(29)25-19-12-17(26-27-19)20-21-18(6-9-23-20)30-13-31-21/h2-6,9,12,16,24H,7-8,10-11,13H2,1H3,(H2,25,26,27,29). The van der Waals surface area contributed by atoms with Gasteiger partial charge in [-0.2, -0.15) is 5.10 Å². The summed E-state index contributed by atoms with van der Waals surface area (Å²) >= 11 is 0. The van der Waals surface area contributed by atoms with Crippen molar-refractivity contribution in [2.75, 3.05) is 37.6 Å². The van der Waals surface area contributed by atoms with Crippen LogP contribution in [0.3, 0.4) is 0 Å². The van der Waals surface area contributed by atoms with E-state index in [1.165, 1.54) is 0 Å². The van der Waals surface area contributed by atoms with Gasteiger partial charge in [0.15, 0.2) is 17.3 Å². The van der Waals surface area contributed by atoms with Gasteiger partial charge in [-0.05, 0) is 57.2 Å². The molecule has 1 amide bonds. The number of anilines is 2. The smallest absolute Gasteiger partial charge is 0.256 e. The number of fused-ring (bicyclic) bond motifs is 1. The van der Waals surface area contributed by atoms with E-state index < -0.39 is 0 Å². The Hall–Kier alpha value is -3.59. The van der Waals surface area contributed by atoms with Gasteiger partial charge in [-0.3, -0.25) is 14.9 Å². The summed E-state index contributed by atoms with van der Waals surface area (Å²) in [7, 11) is 2.15. The lowest BCUT2D eigenvalue weighted by Gasteiger charge is -2.30. The monoisotopic (exact) mass is 420 g/mol. The van der Waals surface area contributed by atoms with Gasteiger partial charge in [0, 0.05) is 35.6 Å². The fourth-order valence-corrected chi connectivity index (χ4v) is 3.83. The summed E-state index contributed by atoms with van der Waals surface area (Å²) in [6.45, 7) is 2.36. The van der Waals surface area contributed by atoms with Crippen molar-refractivity contribution in [1.29, 1.82) is 0 Å². The van der Waals surface area contributed by atoms with E-state index in [2.05, 4.69) is 37.8 Å². The Morgan fingerprint density at radius 3 is 2.77 bits per heavy atom. The van der Waals surface area contributed by atoms with E-state index in [4.69, 9.17) is 9.47 Å². The van der Waals surface area contributed by atoms with Crippen LogP contribution < -0.4 is 20.1 Å². The number of piperidine rings is 1. The van der Waals surface area contributed by atoms with Crippen molar-refractivity contribution in [3.63, 3.8) is 0 Å². The van der Waals surface area contributed by atoms with Gasteiger partial charge < -0.3 is 25.0 Å². The van der Waals surface area contributed by atoms with Crippen LogP contribution in [0.5, 0.6) is 11.5 Å². The number of amides is 1. The van der Waals surface area contributed by atoms with Crippen LogP contribution in [0.1, 0.15) is 23.2 Å². The number of carbonyl (C=O) groups excluding carboxylic acids is 1. The van der Waals surface area contributed by atoms with Gasteiger partial charge in [0.05, 0.1) is 5.69 Å². The molecule has 1 fully saturated rings. The maximum absolute atomic E-state index is 12.6. The van der Waals surface area contributed by atoms with E-state index in [0.717, 1.165) is 31.6 Å². The van der Waals surface area contributed by atoms with Crippen LogP contribution in [0.25, 0.3) is 11.4 Å². The zero-order valence-corrected chi connectivity index (χ0v) is 17.2. The van der Waals surface area contributed by atoms with Crippen LogP contribution in [0, 0.1) is 0 Å². The number of likely N-dealkylation sites (tertiary alicyclic amines) is 1. The molecule has 2 aliphatic heterocycles. The highest BCUT2D eigenvalue weighted by molar-refractivity contribution is 6.04. The van der Waals surface area contributed by atoms with Crippen molar-refractivity contribution >= 4 is 17.4 Å². The third-order valence-corrected chi connectivity index (χ3v) is 5.60. The molecule has 0 aliphatic carbocycles. The molecule has 0 saturated carbocycles. The summed E-state index contributed by atoms with van der Waals surface area (Å²) in [5.74, 6) is 1.39. The Morgan fingerprint density at radius 1 is 1.16 bits per heavy atom. The van der Waals surface area contributed by atoms with Gasteiger partial charge in [-0.15, -0.1) is 0 Å². The molecule has 3 aromatic rings. The first-order chi connectivity index (χ1) is 15.2. The first-order valence-corrected chi connectivity index (χ1v) is 10.3. The number of carbonyl (C=O) groups is 1. The van der Waals surface area contributed by atoms with E-state index in [1.54, 1.807) is 18.3 Å². The van der Waals surface area contributed by atoms with Crippen molar-refractivity contribution in [2.45, 2.75) is 18.9 Å². The molecule has 2 aromatic heterocycles. The van der Waals surface area contributed by atoms with Gasteiger partial charge in [0.2, 0.25) is 6.79 Å². The summed E-state index contributed by atoms with van der Waals surface area (Å²) in [6.07, 6.45) is 3.89. The molecule has 9 nitrogen and oxygen atoms in total.